The van der Waals surface area contributed by atoms with E-state index in [9.17, 15) is 14.4 Å². The first-order chi connectivity index (χ1) is 13.3. The van der Waals surface area contributed by atoms with Gasteiger partial charge in [-0.25, -0.2) is 4.79 Å². The average molecular weight is 383 g/mol. The lowest BCUT2D eigenvalue weighted by atomic mass is 9.76. The predicted molar refractivity (Wildman–Crippen MR) is 109 cm³/mol. The summed E-state index contributed by atoms with van der Waals surface area (Å²) >= 11 is 0. The van der Waals surface area contributed by atoms with Crippen molar-refractivity contribution in [3.05, 3.63) is 58.2 Å². The molecule has 150 valence electrons. The van der Waals surface area contributed by atoms with Crippen molar-refractivity contribution in [2.24, 2.45) is 0 Å². The summed E-state index contributed by atoms with van der Waals surface area (Å²) in [6.45, 7) is 5.69. The molecular weight excluding hydrogens is 354 g/mol. The Kier molecular flexibility index (Phi) is 7.32. The SMILES string of the molecule is CC1=C(C)C(=O)C(C(CCCCCN(C)C(=O)O)c2ccccc2)=C(C)C1=O. The highest BCUT2D eigenvalue weighted by Gasteiger charge is 2.33. The first-order valence-corrected chi connectivity index (χ1v) is 9.72. The van der Waals surface area contributed by atoms with E-state index in [-0.39, 0.29) is 17.5 Å². The highest BCUT2D eigenvalue weighted by atomic mass is 16.4. The zero-order valence-electron chi connectivity index (χ0n) is 17.1. The molecule has 1 amide bonds. The first-order valence-electron chi connectivity index (χ1n) is 9.72. The number of hydrogen-bond acceptors (Lipinski definition) is 3. The van der Waals surface area contributed by atoms with Crippen LogP contribution in [0.15, 0.2) is 52.6 Å². The van der Waals surface area contributed by atoms with Gasteiger partial charge in [-0.05, 0) is 39.2 Å². The van der Waals surface area contributed by atoms with E-state index < -0.39 is 6.09 Å². The maximum atomic E-state index is 13.0. The van der Waals surface area contributed by atoms with E-state index >= 15 is 0 Å². The lowest BCUT2D eigenvalue weighted by Crippen LogP contribution is -2.25. The van der Waals surface area contributed by atoms with Gasteiger partial charge in [-0.3, -0.25) is 9.59 Å². The van der Waals surface area contributed by atoms with E-state index in [1.807, 2.05) is 30.3 Å². The Bertz CT molecular complexity index is 820. The Hall–Kier alpha value is -2.69. The zero-order valence-corrected chi connectivity index (χ0v) is 17.1. The van der Waals surface area contributed by atoms with E-state index in [0.29, 0.717) is 28.8 Å². The number of amides is 1. The minimum Gasteiger partial charge on any atom is -0.465 e. The molecule has 0 aromatic heterocycles. The van der Waals surface area contributed by atoms with Crippen LogP contribution in [0.25, 0.3) is 0 Å². The molecule has 1 atom stereocenters. The van der Waals surface area contributed by atoms with Crippen LogP contribution in [0.1, 0.15) is 57.9 Å². The second-order valence-electron chi connectivity index (χ2n) is 7.46. The number of carbonyl (C=O) groups is 3. The minimum absolute atomic E-state index is 0.0333. The van der Waals surface area contributed by atoms with Crippen LogP contribution in [0.2, 0.25) is 0 Å². The van der Waals surface area contributed by atoms with Gasteiger partial charge in [0.1, 0.15) is 0 Å². The monoisotopic (exact) mass is 383 g/mol. The lowest BCUT2D eigenvalue weighted by Gasteiger charge is -2.26. The second kappa shape index (κ2) is 9.49. The highest BCUT2D eigenvalue weighted by molar-refractivity contribution is 6.25. The number of carboxylic acid groups (broad SMARTS) is 1. The van der Waals surface area contributed by atoms with E-state index in [1.54, 1.807) is 27.8 Å². The Morgan fingerprint density at radius 3 is 2.14 bits per heavy atom. The van der Waals surface area contributed by atoms with E-state index in [1.165, 1.54) is 4.90 Å². The number of hydrogen-bond donors (Lipinski definition) is 1. The van der Waals surface area contributed by atoms with Gasteiger partial charge < -0.3 is 10.0 Å². The largest absolute Gasteiger partial charge is 0.465 e. The third-order valence-corrected chi connectivity index (χ3v) is 5.60. The summed E-state index contributed by atoms with van der Waals surface area (Å²) in [4.78, 5) is 37.8. The number of ketones is 2. The van der Waals surface area contributed by atoms with E-state index in [2.05, 4.69) is 0 Å². The maximum Gasteiger partial charge on any atom is 0.407 e. The molecule has 1 aromatic rings. The number of Topliss-reactive ketones (excluding diaryl/α,β-unsaturated/α-hetero) is 2. The molecule has 2 rings (SSSR count). The number of benzene rings is 1. The summed E-state index contributed by atoms with van der Waals surface area (Å²) < 4.78 is 0. The summed E-state index contributed by atoms with van der Waals surface area (Å²) in [7, 11) is 1.56. The van der Waals surface area contributed by atoms with E-state index in [4.69, 9.17) is 5.11 Å². The van der Waals surface area contributed by atoms with Crippen LogP contribution < -0.4 is 0 Å². The molecule has 1 unspecified atom stereocenters. The van der Waals surface area contributed by atoms with Crippen molar-refractivity contribution in [1.82, 2.24) is 4.90 Å². The summed E-state index contributed by atoms with van der Waals surface area (Å²) in [6, 6.07) is 9.84. The van der Waals surface area contributed by atoms with Gasteiger partial charge in [-0.15, -0.1) is 0 Å². The fourth-order valence-electron chi connectivity index (χ4n) is 3.67. The Morgan fingerprint density at radius 1 is 0.929 bits per heavy atom. The molecule has 1 aliphatic carbocycles. The van der Waals surface area contributed by atoms with Crippen LogP contribution in [-0.2, 0) is 9.59 Å². The van der Waals surface area contributed by atoms with E-state index in [0.717, 1.165) is 31.2 Å². The third kappa shape index (κ3) is 4.77. The molecular formula is C23H29NO4. The molecule has 1 aliphatic rings. The van der Waals surface area contributed by atoms with Gasteiger partial charge in [0.15, 0.2) is 11.6 Å². The molecule has 0 spiro atoms. The quantitative estimate of drug-likeness (QED) is 0.519. The fraction of sp³-hybridized carbons (Fsp3) is 0.435. The molecule has 0 fully saturated rings. The molecule has 5 nitrogen and oxygen atoms in total. The summed E-state index contributed by atoms with van der Waals surface area (Å²) in [6.07, 6.45) is 2.31. The molecule has 1 aromatic carbocycles. The number of allylic oxidation sites excluding steroid dienone is 4. The topological polar surface area (TPSA) is 74.7 Å². The average Bonchev–Trinajstić information content (AvgIpc) is 2.69. The van der Waals surface area contributed by atoms with Gasteiger partial charge in [-0.2, -0.15) is 0 Å². The summed E-state index contributed by atoms with van der Waals surface area (Å²) in [5.41, 5.74) is 3.27. The van der Waals surface area contributed by atoms with Crippen LogP contribution in [-0.4, -0.2) is 41.3 Å². The highest BCUT2D eigenvalue weighted by Crippen LogP contribution is 2.37. The molecule has 0 saturated heterocycles. The molecule has 0 bridgehead atoms. The smallest absolute Gasteiger partial charge is 0.407 e. The number of carbonyl (C=O) groups excluding carboxylic acids is 2. The maximum absolute atomic E-state index is 13.0. The lowest BCUT2D eigenvalue weighted by molar-refractivity contribution is -0.116. The standard InChI is InChI=1S/C23H29NO4/c1-15-16(2)22(26)20(17(3)21(15)25)19(18-11-7-5-8-12-18)13-9-6-10-14-24(4)23(27)28/h5,7-8,11-12,19H,6,9-10,13-14H2,1-4H3,(H,27,28). The summed E-state index contributed by atoms with van der Waals surface area (Å²) in [5, 5.41) is 8.92. The number of rotatable bonds is 8. The molecule has 0 saturated carbocycles. The number of unbranched alkanes of at least 4 members (excludes halogenated alkanes) is 2. The van der Waals surface area contributed by atoms with Crippen LogP contribution in [0, 0.1) is 0 Å². The van der Waals surface area contributed by atoms with Crippen LogP contribution in [0.3, 0.4) is 0 Å². The third-order valence-electron chi connectivity index (χ3n) is 5.60. The van der Waals surface area contributed by atoms with Gasteiger partial charge in [0, 0.05) is 41.8 Å². The van der Waals surface area contributed by atoms with Crippen molar-refractivity contribution in [2.45, 2.75) is 52.4 Å². The first kappa shape index (κ1) is 21.6. The molecule has 0 heterocycles. The van der Waals surface area contributed by atoms with Gasteiger partial charge in [0.2, 0.25) is 0 Å². The normalized spacial score (nSPS) is 15.9. The van der Waals surface area contributed by atoms with Crippen molar-refractivity contribution in [3.8, 4) is 0 Å². The van der Waals surface area contributed by atoms with Gasteiger partial charge in [0.05, 0.1) is 0 Å². The number of nitrogens with zero attached hydrogens (tertiary/aromatic N) is 1. The van der Waals surface area contributed by atoms with Gasteiger partial charge in [0.25, 0.3) is 0 Å². The van der Waals surface area contributed by atoms with Crippen LogP contribution in [0.5, 0.6) is 0 Å². The minimum atomic E-state index is -0.924. The zero-order chi connectivity index (χ0) is 20.8. The van der Waals surface area contributed by atoms with Crippen LogP contribution in [0.4, 0.5) is 4.79 Å². The van der Waals surface area contributed by atoms with Crippen molar-refractivity contribution in [3.63, 3.8) is 0 Å². The Balaban J connectivity index is 2.19. The van der Waals surface area contributed by atoms with Crippen molar-refractivity contribution in [1.29, 1.82) is 0 Å². The predicted octanol–water partition coefficient (Wildman–Crippen LogP) is 4.75. The van der Waals surface area contributed by atoms with Gasteiger partial charge in [-0.1, -0.05) is 43.2 Å². The Morgan fingerprint density at radius 2 is 1.54 bits per heavy atom. The molecule has 0 radical (unpaired) electrons. The molecule has 28 heavy (non-hydrogen) atoms. The molecule has 1 N–H and O–H groups in total. The van der Waals surface area contributed by atoms with Crippen LogP contribution >= 0.6 is 0 Å². The second-order valence-corrected chi connectivity index (χ2v) is 7.46. The molecule has 0 aliphatic heterocycles. The molecule has 5 heteroatoms. The summed E-state index contributed by atoms with van der Waals surface area (Å²) in [5.74, 6) is -0.205. The van der Waals surface area contributed by atoms with Crippen molar-refractivity contribution >= 4 is 17.7 Å². The van der Waals surface area contributed by atoms with Crippen molar-refractivity contribution < 1.29 is 19.5 Å². The Labute approximate surface area is 166 Å². The van der Waals surface area contributed by atoms with Gasteiger partial charge >= 0.3 is 6.09 Å². The fourth-order valence-corrected chi connectivity index (χ4v) is 3.67. The van der Waals surface area contributed by atoms with Crippen molar-refractivity contribution in [2.75, 3.05) is 13.6 Å².